The van der Waals surface area contributed by atoms with E-state index in [0.29, 0.717) is 19.3 Å². The molecule has 0 saturated carbocycles. The predicted molar refractivity (Wildman–Crippen MR) is 348 cm³/mol. The first kappa shape index (κ1) is 76.9. The maximum Gasteiger partial charge on any atom is 0.306 e. The van der Waals surface area contributed by atoms with Crippen LogP contribution in [0.5, 0.6) is 0 Å². The Morgan fingerprint density at radius 3 is 0.738 bits per heavy atom. The average molecular weight is 1120 g/mol. The maximum atomic E-state index is 12.9. The molecular weight excluding hydrogens is 985 g/mol. The largest absolute Gasteiger partial charge is 0.462 e. The molecule has 0 aromatic heterocycles. The molecule has 0 saturated heterocycles. The van der Waals surface area contributed by atoms with Crippen molar-refractivity contribution in [3.63, 3.8) is 0 Å². The molecule has 0 N–H and O–H groups in total. The third kappa shape index (κ3) is 65.7. The van der Waals surface area contributed by atoms with Gasteiger partial charge < -0.3 is 14.2 Å². The molecule has 1 unspecified atom stereocenters. The quantitative estimate of drug-likeness (QED) is 0.0261. The van der Waals surface area contributed by atoms with Crippen molar-refractivity contribution in [1.82, 2.24) is 0 Å². The summed E-state index contributed by atoms with van der Waals surface area (Å²) in [6.07, 6.45) is 89.6. The summed E-state index contributed by atoms with van der Waals surface area (Å²) in [6.45, 7) is 6.51. The molecule has 464 valence electrons. The van der Waals surface area contributed by atoms with Gasteiger partial charge in [0.05, 0.1) is 0 Å². The van der Waals surface area contributed by atoms with E-state index in [-0.39, 0.29) is 37.5 Å². The molecule has 1 atom stereocenters. The molecule has 80 heavy (non-hydrogen) atoms. The Hall–Kier alpha value is -3.15. The van der Waals surface area contributed by atoms with Gasteiger partial charge in [0.15, 0.2) is 6.10 Å². The monoisotopic (exact) mass is 1120 g/mol. The summed E-state index contributed by atoms with van der Waals surface area (Å²) in [4.78, 5) is 38.3. The van der Waals surface area contributed by atoms with Crippen LogP contribution in [0.3, 0.4) is 0 Å². The second-order valence-corrected chi connectivity index (χ2v) is 23.4. The van der Waals surface area contributed by atoms with Crippen molar-refractivity contribution in [2.75, 3.05) is 13.2 Å². The highest BCUT2D eigenvalue weighted by Crippen LogP contribution is 2.18. The van der Waals surface area contributed by atoms with Gasteiger partial charge in [0, 0.05) is 19.3 Å². The first-order chi connectivity index (χ1) is 39.5. The summed E-state index contributed by atoms with van der Waals surface area (Å²) < 4.78 is 16.9. The van der Waals surface area contributed by atoms with Crippen molar-refractivity contribution in [2.45, 2.75) is 367 Å². The van der Waals surface area contributed by atoms with Gasteiger partial charge in [-0.05, 0) is 57.8 Å². The van der Waals surface area contributed by atoms with Crippen LogP contribution in [0.25, 0.3) is 0 Å². The molecule has 0 rings (SSSR count). The molecule has 0 radical (unpaired) electrons. The topological polar surface area (TPSA) is 78.9 Å². The van der Waals surface area contributed by atoms with E-state index in [0.717, 1.165) is 77.0 Å². The highest BCUT2D eigenvalue weighted by atomic mass is 16.6. The maximum absolute atomic E-state index is 12.9. The number of carbonyl (C=O) groups is 3. The standard InChI is InChI=1S/C74H132O6/c1-4-7-10-13-16-19-22-25-27-29-31-32-33-34-35-36-37-38-39-40-41-42-44-45-47-49-52-55-58-61-64-67-73(76)79-70-71(69-78-72(75)66-63-60-57-54-51-24-21-18-15-12-9-6-3)80-74(77)68-65-62-59-56-53-50-48-46-43-30-28-26-23-20-17-14-11-8-5-2/h8,11,17,20,26,28,43,46,50,53,59,62,71H,4-7,9-10,12-16,18-19,21-25,27,29-42,44-45,47-49,51-52,54-58,60-61,63-70H2,1-3H3/b11-8-,20-17-,28-26-,46-43-,53-50-,62-59-. The van der Waals surface area contributed by atoms with Gasteiger partial charge in [0.2, 0.25) is 0 Å². The lowest BCUT2D eigenvalue weighted by atomic mass is 10.0. The van der Waals surface area contributed by atoms with E-state index in [9.17, 15) is 14.4 Å². The van der Waals surface area contributed by atoms with Crippen molar-refractivity contribution in [3.8, 4) is 0 Å². The van der Waals surface area contributed by atoms with Crippen LogP contribution in [0.15, 0.2) is 72.9 Å². The van der Waals surface area contributed by atoms with Crippen LogP contribution in [-0.4, -0.2) is 37.2 Å². The number of hydrogen-bond acceptors (Lipinski definition) is 6. The van der Waals surface area contributed by atoms with Gasteiger partial charge in [-0.15, -0.1) is 0 Å². The van der Waals surface area contributed by atoms with E-state index in [4.69, 9.17) is 14.2 Å². The summed E-state index contributed by atoms with van der Waals surface area (Å²) in [5.41, 5.74) is 0. The summed E-state index contributed by atoms with van der Waals surface area (Å²) in [5.74, 6) is -0.968. The minimum atomic E-state index is -0.814. The molecule has 0 spiro atoms. The normalized spacial score (nSPS) is 12.5. The number of unbranched alkanes of at least 4 members (excludes halogenated alkanes) is 41. The molecule has 6 heteroatoms. The van der Waals surface area contributed by atoms with Crippen LogP contribution in [0.4, 0.5) is 0 Å². The molecule has 0 amide bonds. The molecule has 0 bridgehead atoms. The fraction of sp³-hybridized carbons (Fsp3) is 0.797. The molecule has 6 nitrogen and oxygen atoms in total. The van der Waals surface area contributed by atoms with E-state index in [1.807, 2.05) is 6.08 Å². The fourth-order valence-corrected chi connectivity index (χ4v) is 10.3. The summed E-state index contributed by atoms with van der Waals surface area (Å²) >= 11 is 0. The molecule has 0 heterocycles. The Kier molecular flexibility index (Phi) is 65.7. The third-order valence-electron chi connectivity index (χ3n) is 15.5. The highest BCUT2D eigenvalue weighted by Gasteiger charge is 2.19. The van der Waals surface area contributed by atoms with E-state index < -0.39 is 6.10 Å². The number of hydrogen-bond donors (Lipinski definition) is 0. The first-order valence-corrected chi connectivity index (χ1v) is 34.9. The number of carbonyl (C=O) groups excluding carboxylic acids is 3. The Morgan fingerprint density at radius 1 is 0.263 bits per heavy atom. The van der Waals surface area contributed by atoms with Crippen molar-refractivity contribution < 1.29 is 28.6 Å². The number of ether oxygens (including phenoxy) is 3. The Bertz CT molecular complexity index is 1470. The lowest BCUT2D eigenvalue weighted by molar-refractivity contribution is -0.166. The molecule has 0 fully saturated rings. The SMILES string of the molecule is CC/C=C\C/C=C\C/C=C\C/C=C\C/C=C\C/C=C\CCC(=O)OC(COC(=O)CCCCCCCCCCCCCC)COC(=O)CCCCCCCCCCCCCCCCCCCCCCCCCCCCCCCCC. The Balaban J connectivity index is 4.21. The molecule has 0 aromatic carbocycles. The van der Waals surface area contributed by atoms with Gasteiger partial charge in [0.25, 0.3) is 0 Å². The first-order valence-electron chi connectivity index (χ1n) is 34.9. The Labute approximate surface area is 497 Å². The van der Waals surface area contributed by atoms with Gasteiger partial charge in [-0.1, -0.05) is 357 Å². The van der Waals surface area contributed by atoms with E-state index in [1.165, 1.54) is 238 Å². The second kappa shape index (κ2) is 68.3. The predicted octanol–water partition coefficient (Wildman–Crippen LogP) is 24.1. The zero-order valence-electron chi connectivity index (χ0n) is 53.3. The molecule has 0 aromatic rings. The third-order valence-corrected chi connectivity index (χ3v) is 15.5. The van der Waals surface area contributed by atoms with Gasteiger partial charge in [0.1, 0.15) is 13.2 Å². The van der Waals surface area contributed by atoms with Crippen LogP contribution in [-0.2, 0) is 28.6 Å². The zero-order valence-corrected chi connectivity index (χ0v) is 53.3. The van der Waals surface area contributed by atoms with Gasteiger partial charge in [-0.2, -0.15) is 0 Å². The number of rotatable bonds is 64. The second-order valence-electron chi connectivity index (χ2n) is 23.4. The minimum absolute atomic E-state index is 0.101. The van der Waals surface area contributed by atoms with Gasteiger partial charge in [-0.3, -0.25) is 14.4 Å². The smallest absolute Gasteiger partial charge is 0.306 e. The van der Waals surface area contributed by atoms with E-state index in [2.05, 4.69) is 87.6 Å². The highest BCUT2D eigenvalue weighted by molar-refractivity contribution is 5.71. The number of allylic oxidation sites excluding steroid dienone is 12. The van der Waals surface area contributed by atoms with Gasteiger partial charge in [-0.25, -0.2) is 0 Å². The molecule has 0 aliphatic heterocycles. The lowest BCUT2D eigenvalue weighted by Crippen LogP contribution is -2.30. The van der Waals surface area contributed by atoms with Crippen molar-refractivity contribution >= 4 is 17.9 Å². The van der Waals surface area contributed by atoms with Crippen LogP contribution < -0.4 is 0 Å². The zero-order chi connectivity index (χ0) is 57.8. The lowest BCUT2D eigenvalue weighted by Gasteiger charge is -2.18. The average Bonchev–Trinajstić information content (AvgIpc) is 3.46. The molecule has 0 aliphatic carbocycles. The van der Waals surface area contributed by atoms with Crippen molar-refractivity contribution in [3.05, 3.63) is 72.9 Å². The van der Waals surface area contributed by atoms with Crippen LogP contribution in [0.2, 0.25) is 0 Å². The Morgan fingerprint density at radius 2 is 0.487 bits per heavy atom. The fourth-order valence-electron chi connectivity index (χ4n) is 10.3. The van der Waals surface area contributed by atoms with Crippen molar-refractivity contribution in [2.24, 2.45) is 0 Å². The van der Waals surface area contributed by atoms with Gasteiger partial charge >= 0.3 is 17.9 Å². The molecule has 0 aliphatic rings. The van der Waals surface area contributed by atoms with Crippen LogP contribution >= 0.6 is 0 Å². The van der Waals surface area contributed by atoms with E-state index in [1.54, 1.807) is 0 Å². The van der Waals surface area contributed by atoms with Crippen LogP contribution in [0.1, 0.15) is 361 Å². The minimum Gasteiger partial charge on any atom is -0.462 e. The summed E-state index contributed by atoms with van der Waals surface area (Å²) in [6, 6.07) is 0. The van der Waals surface area contributed by atoms with Crippen molar-refractivity contribution in [1.29, 1.82) is 0 Å². The molecular formula is C74H132O6. The van der Waals surface area contributed by atoms with E-state index >= 15 is 0 Å². The number of esters is 3. The van der Waals surface area contributed by atoms with Crippen LogP contribution in [0, 0.1) is 0 Å². The summed E-state index contributed by atoms with van der Waals surface area (Å²) in [7, 11) is 0. The summed E-state index contributed by atoms with van der Waals surface area (Å²) in [5, 5.41) is 0.